The number of carbonyl (C=O) groups is 2. The van der Waals surface area contributed by atoms with Crippen molar-refractivity contribution in [2.45, 2.75) is 20.3 Å². The molecule has 31 heavy (non-hydrogen) atoms. The van der Waals surface area contributed by atoms with Gasteiger partial charge < -0.3 is 9.64 Å². The van der Waals surface area contributed by atoms with Crippen LogP contribution >= 0.6 is 11.3 Å². The number of benzene rings is 2. The van der Waals surface area contributed by atoms with Gasteiger partial charge in [-0.1, -0.05) is 36.8 Å². The maximum Gasteiger partial charge on any atom is 0.265 e. The second kappa shape index (κ2) is 9.14. The zero-order valence-corrected chi connectivity index (χ0v) is 18.2. The van der Waals surface area contributed by atoms with Crippen LogP contribution in [0.2, 0.25) is 0 Å². The molecule has 7 heteroatoms. The minimum absolute atomic E-state index is 0.0434. The van der Waals surface area contributed by atoms with Crippen LogP contribution in [0.25, 0.3) is 17.3 Å². The zero-order chi connectivity index (χ0) is 21.8. The number of anilines is 2. The Morgan fingerprint density at radius 3 is 2.84 bits per heavy atom. The summed E-state index contributed by atoms with van der Waals surface area (Å²) >= 11 is 1.36. The molecule has 1 aromatic heterocycles. The third kappa shape index (κ3) is 4.83. The standard InChI is InChI=1S/C24H23N3O3S/c1-3-12-27-20-13-18(9-10-21(20)30-14-23(27)29)19-15-31-24(25-19)26-22(28)11-8-17-6-4-16(2)5-7-17/h4-11,13,15H,3,12,14H2,1-2H3,(H,25,26,28)/b11-8+. The number of fused-ring (bicyclic) bond motifs is 1. The van der Waals surface area contributed by atoms with Crippen LogP contribution in [0.4, 0.5) is 10.8 Å². The summed E-state index contributed by atoms with van der Waals surface area (Å²) in [6.07, 6.45) is 4.13. The van der Waals surface area contributed by atoms with Gasteiger partial charge in [-0.2, -0.15) is 0 Å². The van der Waals surface area contributed by atoms with Gasteiger partial charge in [0.25, 0.3) is 5.91 Å². The lowest BCUT2D eigenvalue weighted by molar-refractivity contribution is -0.121. The van der Waals surface area contributed by atoms with E-state index in [-0.39, 0.29) is 18.4 Å². The van der Waals surface area contributed by atoms with Crippen molar-refractivity contribution in [3.05, 3.63) is 65.0 Å². The highest BCUT2D eigenvalue weighted by Gasteiger charge is 2.25. The van der Waals surface area contributed by atoms with E-state index in [0.29, 0.717) is 17.4 Å². The SMILES string of the molecule is CCCN1C(=O)COc2ccc(-c3csc(NC(=O)/C=C/c4ccc(C)cc4)n3)cc21. The first-order valence-corrected chi connectivity index (χ1v) is 11.0. The number of aromatic nitrogens is 1. The average molecular weight is 434 g/mol. The van der Waals surface area contributed by atoms with Gasteiger partial charge in [-0.3, -0.25) is 14.9 Å². The lowest BCUT2D eigenvalue weighted by Crippen LogP contribution is -2.39. The Balaban J connectivity index is 1.48. The van der Waals surface area contributed by atoms with Crippen molar-refractivity contribution in [1.29, 1.82) is 0 Å². The Bertz CT molecular complexity index is 1140. The van der Waals surface area contributed by atoms with Gasteiger partial charge in [-0.15, -0.1) is 11.3 Å². The average Bonchev–Trinajstić information content (AvgIpc) is 3.23. The number of thiazole rings is 1. The first-order chi connectivity index (χ1) is 15.0. The molecular weight excluding hydrogens is 410 g/mol. The van der Waals surface area contributed by atoms with E-state index in [4.69, 9.17) is 4.74 Å². The van der Waals surface area contributed by atoms with Gasteiger partial charge in [0.2, 0.25) is 5.91 Å². The molecule has 2 aromatic carbocycles. The van der Waals surface area contributed by atoms with E-state index in [2.05, 4.69) is 10.3 Å². The highest BCUT2D eigenvalue weighted by molar-refractivity contribution is 7.14. The Morgan fingerprint density at radius 2 is 2.06 bits per heavy atom. The number of ether oxygens (including phenoxy) is 1. The Hall–Kier alpha value is -3.45. The van der Waals surface area contributed by atoms with Crippen molar-refractivity contribution in [1.82, 2.24) is 4.98 Å². The predicted octanol–water partition coefficient (Wildman–Crippen LogP) is 4.91. The van der Waals surface area contributed by atoms with E-state index in [1.807, 2.05) is 61.7 Å². The summed E-state index contributed by atoms with van der Waals surface area (Å²) in [5.74, 6) is 0.417. The summed E-state index contributed by atoms with van der Waals surface area (Å²) in [5.41, 5.74) is 4.50. The number of amides is 2. The minimum atomic E-state index is -0.236. The molecular formula is C24H23N3O3S. The first kappa shape index (κ1) is 20.8. The molecule has 0 bridgehead atoms. The van der Waals surface area contributed by atoms with Crippen molar-refractivity contribution < 1.29 is 14.3 Å². The van der Waals surface area contributed by atoms with Gasteiger partial charge >= 0.3 is 0 Å². The molecule has 0 fully saturated rings. The van der Waals surface area contributed by atoms with E-state index < -0.39 is 0 Å². The van der Waals surface area contributed by atoms with Crippen LogP contribution in [-0.2, 0) is 9.59 Å². The van der Waals surface area contributed by atoms with E-state index in [0.717, 1.165) is 28.9 Å². The monoisotopic (exact) mass is 433 g/mol. The van der Waals surface area contributed by atoms with Crippen molar-refractivity contribution in [2.24, 2.45) is 0 Å². The number of hydrogen-bond donors (Lipinski definition) is 1. The molecule has 0 aliphatic carbocycles. The van der Waals surface area contributed by atoms with E-state index in [9.17, 15) is 9.59 Å². The van der Waals surface area contributed by atoms with Crippen LogP contribution < -0.4 is 15.0 Å². The predicted molar refractivity (Wildman–Crippen MR) is 125 cm³/mol. The third-order valence-electron chi connectivity index (χ3n) is 4.88. The van der Waals surface area contributed by atoms with Crippen LogP contribution in [0, 0.1) is 6.92 Å². The Kier molecular flexibility index (Phi) is 6.13. The zero-order valence-electron chi connectivity index (χ0n) is 17.4. The molecule has 0 saturated carbocycles. The Morgan fingerprint density at radius 1 is 1.26 bits per heavy atom. The number of aryl methyl sites for hydroxylation is 1. The fraction of sp³-hybridized carbons (Fsp3) is 0.208. The van der Waals surface area contributed by atoms with Crippen molar-refractivity contribution in [2.75, 3.05) is 23.4 Å². The molecule has 2 heterocycles. The normalized spacial score (nSPS) is 13.2. The van der Waals surface area contributed by atoms with Gasteiger partial charge in [0.05, 0.1) is 11.4 Å². The quantitative estimate of drug-likeness (QED) is 0.561. The van der Waals surface area contributed by atoms with Gasteiger partial charge in [-0.25, -0.2) is 4.98 Å². The molecule has 0 unspecified atom stereocenters. The van der Waals surface area contributed by atoms with Gasteiger partial charge in [0, 0.05) is 23.6 Å². The Labute approximate surface area is 185 Å². The van der Waals surface area contributed by atoms with Crippen molar-refractivity contribution in [3.63, 3.8) is 0 Å². The fourth-order valence-corrected chi connectivity index (χ4v) is 4.01. The van der Waals surface area contributed by atoms with Gasteiger partial charge in [0.1, 0.15) is 5.75 Å². The maximum absolute atomic E-state index is 12.2. The van der Waals surface area contributed by atoms with Crippen molar-refractivity contribution >= 4 is 40.0 Å². The molecule has 2 amide bonds. The number of rotatable bonds is 6. The minimum Gasteiger partial charge on any atom is -0.482 e. The summed E-state index contributed by atoms with van der Waals surface area (Å²) in [6, 6.07) is 13.6. The van der Waals surface area contributed by atoms with Crippen LogP contribution in [-0.4, -0.2) is 29.9 Å². The largest absolute Gasteiger partial charge is 0.482 e. The lowest BCUT2D eigenvalue weighted by Gasteiger charge is -2.29. The summed E-state index contributed by atoms with van der Waals surface area (Å²) in [5, 5.41) is 5.21. The topological polar surface area (TPSA) is 71.5 Å². The van der Waals surface area contributed by atoms with E-state index in [1.54, 1.807) is 11.0 Å². The molecule has 3 aromatic rings. The molecule has 0 saturated heterocycles. The molecule has 0 radical (unpaired) electrons. The van der Waals surface area contributed by atoms with E-state index in [1.165, 1.54) is 23.0 Å². The third-order valence-corrected chi connectivity index (χ3v) is 5.64. The summed E-state index contributed by atoms with van der Waals surface area (Å²) in [7, 11) is 0. The van der Waals surface area contributed by atoms with Crippen LogP contribution in [0.3, 0.4) is 0 Å². The number of nitrogens with zero attached hydrogens (tertiary/aromatic N) is 2. The second-order valence-corrected chi connectivity index (χ2v) is 8.15. The summed E-state index contributed by atoms with van der Waals surface area (Å²) in [4.78, 5) is 30.8. The second-order valence-electron chi connectivity index (χ2n) is 7.29. The molecule has 1 aliphatic heterocycles. The highest BCUT2D eigenvalue weighted by atomic mass is 32.1. The van der Waals surface area contributed by atoms with Crippen LogP contribution in [0.15, 0.2) is 53.9 Å². The number of nitrogens with one attached hydrogen (secondary N) is 1. The van der Waals surface area contributed by atoms with E-state index >= 15 is 0 Å². The number of carbonyl (C=O) groups excluding carboxylic acids is 2. The lowest BCUT2D eigenvalue weighted by atomic mass is 10.1. The molecule has 1 N–H and O–H groups in total. The first-order valence-electron chi connectivity index (χ1n) is 10.1. The van der Waals surface area contributed by atoms with Gasteiger partial charge in [-0.05, 0) is 43.2 Å². The maximum atomic E-state index is 12.2. The summed E-state index contributed by atoms with van der Waals surface area (Å²) in [6.45, 7) is 4.77. The molecule has 4 rings (SSSR count). The molecule has 0 atom stereocenters. The van der Waals surface area contributed by atoms with Crippen molar-refractivity contribution in [3.8, 4) is 17.0 Å². The summed E-state index contributed by atoms with van der Waals surface area (Å²) < 4.78 is 5.56. The molecule has 6 nitrogen and oxygen atoms in total. The molecule has 1 aliphatic rings. The smallest absolute Gasteiger partial charge is 0.265 e. The fourth-order valence-electron chi connectivity index (χ4n) is 3.29. The van der Waals surface area contributed by atoms with Gasteiger partial charge in [0.15, 0.2) is 11.7 Å². The molecule has 0 spiro atoms. The number of hydrogen-bond acceptors (Lipinski definition) is 5. The highest BCUT2D eigenvalue weighted by Crippen LogP contribution is 2.36. The van der Waals surface area contributed by atoms with Crippen LogP contribution in [0.1, 0.15) is 24.5 Å². The van der Waals surface area contributed by atoms with Crippen LogP contribution in [0.5, 0.6) is 5.75 Å². The molecule has 158 valence electrons.